The average molecular weight is 470 g/mol. The monoisotopic (exact) mass is 469 g/mol. The van der Waals surface area contributed by atoms with Crippen LogP contribution in [0.15, 0.2) is 59.4 Å². The second-order valence-electron chi connectivity index (χ2n) is 8.92. The molecule has 0 N–H and O–H groups in total. The number of amides is 1. The number of halogens is 2. The van der Waals surface area contributed by atoms with E-state index in [9.17, 15) is 9.59 Å². The van der Waals surface area contributed by atoms with E-state index in [4.69, 9.17) is 23.2 Å². The minimum atomic E-state index is -0.274. The van der Waals surface area contributed by atoms with Gasteiger partial charge in [0.2, 0.25) is 0 Å². The van der Waals surface area contributed by atoms with E-state index in [-0.39, 0.29) is 17.0 Å². The molecule has 5 nitrogen and oxygen atoms in total. The Kier molecular flexibility index (Phi) is 5.64. The Morgan fingerprint density at radius 3 is 2.22 bits per heavy atom. The number of hydrogen-bond donors (Lipinski definition) is 0. The maximum Gasteiger partial charge on any atom is 0.331 e. The second kappa shape index (κ2) is 8.45. The first-order valence-electron chi connectivity index (χ1n) is 11.1. The van der Waals surface area contributed by atoms with Crippen molar-refractivity contribution in [2.24, 2.45) is 5.41 Å². The molecule has 166 valence electrons. The number of piperidine rings is 2. The van der Waals surface area contributed by atoms with Crippen LogP contribution in [0.5, 0.6) is 0 Å². The molecule has 3 aromatic rings. The summed E-state index contributed by atoms with van der Waals surface area (Å²) in [5.74, 6) is 0. The largest absolute Gasteiger partial charge is 0.371 e. The highest BCUT2D eigenvalue weighted by atomic mass is 35.5. The molecule has 1 aromatic heterocycles. The summed E-state index contributed by atoms with van der Waals surface area (Å²) >= 11 is 12.3. The molecule has 1 amide bonds. The number of rotatable bonds is 1. The molecular formula is C25H25Cl2N3O2. The summed E-state index contributed by atoms with van der Waals surface area (Å²) in [4.78, 5) is 30.0. The number of hydrogen-bond acceptors (Lipinski definition) is 3. The average Bonchev–Trinajstić information content (AvgIpc) is 2.81. The number of likely N-dealkylation sites (tertiary alicyclic amines) is 1. The van der Waals surface area contributed by atoms with Gasteiger partial charge in [-0.15, -0.1) is 0 Å². The Bertz CT molecular complexity index is 1220. The number of benzene rings is 2. The SMILES string of the molecule is O=C(N1CCC2(CC1)CCN(c1ccc(Cl)c(Cl)c1)CC2)n1c(=O)ccc2ccccc21. The smallest absolute Gasteiger partial charge is 0.331 e. The lowest BCUT2D eigenvalue weighted by atomic mass is 9.71. The van der Waals surface area contributed by atoms with Crippen molar-refractivity contribution in [2.45, 2.75) is 25.7 Å². The first-order chi connectivity index (χ1) is 15.5. The molecule has 2 fully saturated rings. The van der Waals surface area contributed by atoms with Crippen LogP contribution in [0, 0.1) is 5.41 Å². The first kappa shape index (κ1) is 21.4. The molecule has 1 spiro atoms. The number of fused-ring (bicyclic) bond motifs is 1. The van der Waals surface area contributed by atoms with Gasteiger partial charge in [-0.2, -0.15) is 0 Å². The number of carbonyl (C=O) groups is 1. The molecule has 0 saturated carbocycles. The molecule has 3 heterocycles. The molecule has 2 saturated heterocycles. The molecule has 2 aliphatic rings. The van der Waals surface area contributed by atoms with Gasteiger partial charge in [0.25, 0.3) is 5.56 Å². The highest BCUT2D eigenvalue weighted by molar-refractivity contribution is 6.42. The summed E-state index contributed by atoms with van der Waals surface area (Å²) in [6, 6.07) is 16.4. The number of nitrogens with zero attached hydrogens (tertiary/aromatic N) is 3. The predicted octanol–water partition coefficient (Wildman–Crippen LogP) is 5.66. The third-order valence-corrected chi connectivity index (χ3v) is 7.92. The molecule has 0 atom stereocenters. The fraction of sp³-hybridized carbons (Fsp3) is 0.360. The van der Waals surface area contributed by atoms with Crippen molar-refractivity contribution < 1.29 is 4.79 Å². The summed E-state index contributed by atoms with van der Waals surface area (Å²) in [5, 5.41) is 2.05. The van der Waals surface area contributed by atoms with Gasteiger partial charge in [-0.05, 0) is 66.8 Å². The van der Waals surface area contributed by atoms with Crippen LogP contribution in [-0.2, 0) is 0 Å². The molecule has 0 aliphatic carbocycles. The second-order valence-corrected chi connectivity index (χ2v) is 9.74. The lowest BCUT2D eigenvalue weighted by molar-refractivity contribution is 0.0940. The van der Waals surface area contributed by atoms with Crippen LogP contribution < -0.4 is 10.5 Å². The Hall–Kier alpha value is -2.50. The molecule has 0 bridgehead atoms. The van der Waals surface area contributed by atoms with E-state index in [1.165, 1.54) is 10.6 Å². The third kappa shape index (κ3) is 3.89. The Morgan fingerprint density at radius 1 is 0.812 bits per heavy atom. The van der Waals surface area contributed by atoms with Crippen molar-refractivity contribution in [1.29, 1.82) is 0 Å². The summed E-state index contributed by atoms with van der Waals surface area (Å²) in [6.07, 6.45) is 4.11. The van der Waals surface area contributed by atoms with E-state index < -0.39 is 0 Å². The molecule has 2 aromatic carbocycles. The van der Waals surface area contributed by atoms with E-state index in [2.05, 4.69) is 4.90 Å². The molecule has 2 aliphatic heterocycles. The van der Waals surface area contributed by atoms with Crippen LogP contribution >= 0.6 is 23.2 Å². The molecular weight excluding hydrogens is 445 g/mol. The molecule has 0 radical (unpaired) electrons. The van der Waals surface area contributed by atoms with Crippen molar-refractivity contribution in [3.63, 3.8) is 0 Å². The van der Waals surface area contributed by atoms with Crippen LogP contribution in [0.2, 0.25) is 10.0 Å². The molecule has 7 heteroatoms. The summed E-state index contributed by atoms with van der Waals surface area (Å²) in [5.41, 5.74) is 1.76. The Labute approximate surface area is 197 Å². The molecule has 0 unspecified atom stereocenters. The highest BCUT2D eigenvalue weighted by Crippen LogP contribution is 2.42. The molecule has 5 rings (SSSR count). The summed E-state index contributed by atoms with van der Waals surface area (Å²) in [7, 11) is 0. The zero-order chi connectivity index (χ0) is 22.3. The van der Waals surface area contributed by atoms with Gasteiger partial charge in [-0.1, -0.05) is 41.4 Å². The van der Waals surface area contributed by atoms with E-state index in [1.54, 1.807) is 6.07 Å². The maximum absolute atomic E-state index is 13.3. The standard InChI is InChI=1S/C25H25Cl2N3O2/c26-20-7-6-19(17-21(20)27)28-13-9-25(10-14-28)11-15-29(16-12-25)24(32)30-22-4-2-1-3-18(22)5-8-23(30)31/h1-8,17H,9-16H2. The van der Waals surface area contributed by atoms with Gasteiger partial charge < -0.3 is 9.80 Å². The fourth-order valence-corrected chi connectivity index (χ4v) is 5.41. The quantitative estimate of drug-likeness (QED) is 0.461. The Balaban J connectivity index is 1.26. The summed E-state index contributed by atoms with van der Waals surface area (Å²) < 4.78 is 1.32. The zero-order valence-corrected chi connectivity index (χ0v) is 19.3. The number of pyridine rings is 1. The van der Waals surface area contributed by atoms with E-state index in [0.717, 1.165) is 49.8 Å². The summed E-state index contributed by atoms with van der Waals surface area (Å²) in [6.45, 7) is 3.30. The van der Waals surface area contributed by atoms with Crippen LogP contribution in [-0.4, -0.2) is 41.7 Å². The topological polar surface area (TPSA) is 45.6 Å². The third-order valence-electron chi connectivity index (χ3n) is 7.18. The van der Waals surface area contributed by atoms with Crippen molar-refractivity contribution >= 4 is 45.8 Å². The van der Waals surface area contributed by atoms with Crippen molar-refractivity contribution in [3.8, 4) is 0 Å². The maximum atomic E-state index is 13.3. The number of aromatic nitrogens is 1. The first-order valence-corrected chi connectivity index (χ1v) is 11.8. The van der Waals surface area contributed by atoms with Gasteiger partial charge in [0.05, 0.1) is 15.6 Å². The van der Waals surface area contributed by atoms with Crippen LogP contribution in [0.25, 0.3) is 10.9 Å². The fourth-order valence-electron chi connectivity index (χ4n) is 5.12. The number of anilines is 1. The predicted molar refractivity (Wildman–Crippen MR) is 130 cm³/mol. The molecule has 32 heavy (non-hydrogen) atoms. The highest BCUT2D eigenvalue weighted by Gasteiger charge is 2.39. The van der Waals surface area contributed by atoms with Crippen molar-refractivity contribution in [1.82, 2.24) is 9.47 Å². The van der Waals surface area contributed by atoms with E-state index in [0.29, 0.717) is 28.7 Å². The normalized spacial score (nSPS) is 18.3. The van der Waals surface area contributed by atoms with E-state index >= 15 is 0 Å². The van der Waals surface area contributed by atoms with Crippen LogP contribution in [0.1, 0.15) is 25.7 Å². The van der Waals surface area contributed by atoms with Crippen LogP contribution in [0.4, 0.5) is 10.5 Å². The number of para-hydroxylation sites is 1. The van der Waals surface area contributed by atoms with Gasteiger partial charge in [0.15, 0.2) is 0 Å². The van der Waals surface area contributed by atoms with Gasteiger partial charge in [0.1, 0.15) is 0 Å². The lowest BCUT2D eigenvalue weighted by Crippen LogP contribution is -2.50. The van der Waals surface area contributed by atoms with E-state index in [1.807, 2.05) is 47.4 Å². The van der Waals surface area contributed by atoms with Gasteiger partial charge in [0, 0.05) is 37.9 Å². The van der Waals surface area contributed by atoms with Crippen LogP contribution in [0.3, 0.4) is 0 Å². The Morgan fingerprint density at radius 2 is 1.50 bits per heavy atom. The lowest BCUT2D eigenvalue weighted by Gasteiger charge is -2.47. The van der Waals surface area contributed by atoms with Crippen molar-refractivity contribution in [2.75, 3.05) is 31.1 Å². The zero-order valence-electron chi connectivity index (χ0n) is 17.8. The minimum Gasteiger partial charge on any atom is -0.371 e. The van der Waals surface area contributed by atoms with Gasteiger partial charge >= 0.3 is 6.03 Å². The van der Waals surface area contributed by atoms with Gasteiger partial charge in [-0.3, -0.25) is 4.79 Å². The number of carbonyl (C=O) groups excluding carboxylic acids is 1. The minimum absolute atomic E-state index is 0.213. The van der Waals surface area contributed by atoms with Crippen molar-refractivity contribution in [3.05, 3.63) is 75.0 Å². The van der Waals surface area contributed by atoms with Gasteiger partial charge in [-0.25, -0.2) is 9.36 Å².